The molecular weight excluding hydrogens is 518 g/mol. The highest BCUT2D eigenvalue weighted by Crippen LogP contribution is 2.40. The molecule has 11 nitrogen and oxygen atoms in total. The van der Waals surface area contributed by atoms with Gasteiger partial charge in [-0.1, -0.05) is 16.7 Å². The Hall–Kier alpha value is -4.03. The van der Waals surface area contributed by atoms with Crippen LogP contribution in [0.15, 0.2) is 49.1 Å². The van der Waals surface area contributed by atoms with E-state index in [1.165, 1.54) is 0 Å². The van der Waals surface area contributed by atoms with E-state index in [1.807, 2.05) is 42.7 Å². The number of hydrogen-bond donors (Lipinski definition) is 1. The van der Waals surface area contributed by atoms with Gasteiger partial charge in [-0.05, 0) is 49.9 Å². The molecule has 4 rings (SSSR count). The third-order valence-corrected chi connectivity index (χ3v) is 8.09. The summed E-state index contributed by atoms with van der Waals surface area (Å²) in [5, 5.41) is 11.2. The quantitative estimate of drug-likeness (QED) is 0.264. The van der Waals surface area contributed by atoms with Gasteiger partial charge in [-0.3, -0.25) is 14.5 Å². The number of rotatable bonds is 11. The van der Waals surface area contributed by atoms with Crippen LogP contribution in [0.2, 0.25) is 0 Å². The Kier molecular flexibility index (Phi) is 9.10. The molecule has 39 heavy (non-hydrogen) atoms. The van der Waals surface area contributed by atoms with Crippen molar-refractivity contribution in [2.75, 3.05) is 33.2 Å². The molecule has 1 N–H and O–H groups in total. The van der Waals surface area contributed by atoms with E-state index in [4.69, 9.17) is 18.9 Å². The maximum Gasteiger partial charge on any atom is 0.239 e. The van der Waals surface area contributed by atoms with Crippen LogP contribution in [-0.2, 0) is 4.74 Å². The number of nitrogens with zero attached hydrogens (tertiary/aromatic N) is 6. The Labute approximate surface area is 230 Å². The van der Waals surface area contributed by atoms with Gasteiger partial charge in [0.25, 0.3) is 0 Å². The first kappa shape index (κ1) is 28.0. The molecule has 0 amide bonds. The molecule has 206 valence electrons. The number of para-hydroxylation sites is 1. The molecule has 3 atom stereocenters. The number of aryl methyl sites for hydroxylation is 1. The minimum Gasteiger partial charge on any atom is -0.494 e. The van der Waals surface area contributed by atoms with Gasteiger partial charge in [-0.25, -0.2) is 4.98 Å². The lowest BCUT2D eigenvalue weighted by atomic mass is 10.2. The summed E-state index contributed by atoms with van der Waals surface area (Å²) in [6, 6.07) is 7.63. The molecule has 0 saturated carbocycles. The molecule has 3 aromatic heterocycles. The fraction of sp³-hybridized carbons (Fsp3) is 0.333. The predicted octanol–water partition coefficient (Wildman–Crippen LogP) is 4.65. The van der Waals surface area contributed by atoms with Crippen LogP contribution < -0.4 is 18.9 Å². The van der Waals surface area contributed by atoms with Crippen molar-refractivity contribution in [3.05, 3.63) is 60.3 Å². The summed E-state index contributed by atoms with van der Waals surface area (Å²) < 4.78 is 28.0. The van der Waals surface area contributed by atoms with Crippen molar-refractivity contribution in [3.8, 4) is 34.5 Å². The van der Waals surface area contributed by atoms with Crippen molar-refractivity contribution < 1.29 is 18.9 Å². The second kappa shape index (κ2) is 12.7. The van der Waals surface area contributed by atoms with Gasteiger partial charge < -0.3 is 23.7 Å². The standard InChI is InChI=1S/C27H33N7O4S/c1-8-39(18(3)25(38-7)20-15-30-23(37-6)16-29-20)33-27-32-31-26(19-12-17(2)13-28-14-19)34(27)24-21(35-4)10-9-11-22(24)36-5/h8-16,18,25H,1-7H3,(H,32,33)/t18-,25-,39?/m0/s1. The molecule has 1 unspecified atom stereocenters. The lowest BCUT2D eigenvalue weighted by Crippen LogP contribution is -2.21. The van der Waals surface area contributed by atoms with Crippen molar-refractivity contribution in [1.82, 2.24) is 29.7 Å². The average molecular weight is 552 g/mol. The molecule has 3 heterocycles. The fourth-order valence-electron chi connectivity index (χ4n) is 4.21. The highest BCUT2D eigenvalue weighted by Gasteiger charge is 2.27. The second-order valence-corrected chi connectivity index (χ2v) is 10.7. The SMILES string of the molecule is C/C=S(\Nc1nnc(-c2cncc(C)c2)n1-c1c(OC)cccc1OC)[C@@H](C)[C@H](OC)c1cnc(OC)cn1. The molecule has 0 radical (unpaired) electrons. The first-order valence-corrected chi connectivity index (χ1v) is 13.6. The predicted molar refractivity (Wildman–Crippen MR) is 153 cm³/mol. The molecule has 1 aromatic carbocycles. The Balaban J connectivity index is 1.81. The maximum absolute atomic E-state index is 5.88. The monoisotopic (exact) mass is 551 g/mol. The van der Waals surface area contributed by atoms with Gasteiger partial charge in [0.2, 0.25) is 11.8 Å². The van der Waals surface area contributed by atoms with E-state index in [1.54, 1.807) is 53.2 Å². The minimum atomic E-state index is -0.533. The number of anilines is 1. The van der Waals surface area contributed by atoms with Gasteiger partial charge in [-0.15, -0.1) is 10.2 Å². The van der Waals surface area contributed by atoms with Crippen molar-refractivity contribution in [2.45, 2.75) is 32.1 Å². The third kappa shape index (κ3) is 5.86. The Morgan fingerprint density at radius 1 is 0.949 bits per heavy atom. The van der Waals surface area contributed by atoms with Crippen LogP contribution in [0.3, 0.4) is 0 Å². The zero-order valence-electron chi connectivity index (χ0n) is 23.1. The molecule has 12 heteroatoms. The highest BCUT2D eigenvalue weighted by molar-refractivity contribution is 8.16. The van der Waals surface area contributed by atoms with Gasteiger partial charge in [0.15, 0.2) is 5.82 Å². The summed E-state index contributed by atoms with van der Waals surface area (Å²) in [5.41, 5.74) is 3.18. The highest BCUT2D eigenvalue weighted by atomic mass is 32.2. The molecule has 0 aliphatic rings. The van der Waals surface area contributed by atoms with E-state index in [0.29, 0.717) is 40.5 Å². The van der Waals surface area contributed by atoms with E-state index in [9.17, 15) is 0 Å². The smallest absolute Gasteiger partial charge is 0.239 e. The third-order valence-electron chi connectivity index (χ3n) is 6.11. The zero-order valence-corrected chi connectivity index (χ0v) is 23.9. The number of nitrogens with one attached hydrogen (secondary N) is 1. The number of hydrogen-bond acceptors (Lipinski definition) is 10. The molecule has 0 fully saturated rings. The topological polar surface area (TPSA) is 118 Å². The minimum absolute atomic E-state index is 0.0449. The van der Waals surface area contributed by atoms with Crippen molar-refractivity contribution in [3.63, 3.8) is 0 Å². The lowest BCUT2D eigenvalue weighted by Gasteiger charge is -2.26. The maximum atomic E-state index is 5.88. The van der Waals surface area contributed by atoms with Gasteiger partial charge in [-0.2, -0.15) is 0 Å². The first-order valence-electron chi connectivity index (χ1n) is 12.2. The Morgan fingerprint density at radius 3 is 2.26 bits per heavy atom. The summed E-state index contributed by atoms with van der Waals surface area (Å²) in [6.45, 7) is 6.07. The van der Waals surface area contributed by atoms with Crippen LogP contribution >= 0.6 is 10.7 Å². The van der Waals surface area contributed by atoms with E-state index in [2.05, 4.69) is 42.2 Å². The largest absolute Gasteiger partial charge is 0.494 e. The Bertz CT molecular complexity index is 1420. The summed E-state index contributed by atoms with van der Waals surface area (Å²) in [7, 11) is 5.93. The number of benzene rings is 1. The van der Waals surface area contributed by atoms with Crippen LogP contribution in [0.25, 0.3) is 17.1 Å². The van der Waals surface area contributed by atoms with Crippen molar-refractivity contribution >= 4 is 22.0 Å². The molecule has 0 saturated heterocycles. The van der Waals surface area contributed by atoms with Gasteiger partial charge in [0.05, 0.1) is 39.4 Å². The molecule has 0 aliphatic carbocycles. The molecule has 0 bridgehead atoms. The van der Waals surface area contributed by atoms with E-state index in [0.717, 1.165) is 11.1 Å². The van der Waals surface area contributed by atoms with Crippen LogP contribution in [0.5, 0.6) is 17.4 Å². The van der Waals surface area contributed by atoms with E-state index in [-0.39, 0.29) is 11.4 Å². The van der Waals surface area contributed by atoms with E-state index < -0.39 is 10.7 Å². The first-order chi connectivity index (χ1) is 18.9. The number of aromatic nitrogens is 6. The fourth-order valence-corrected chi connectivity index (χ4v) is 5.81. The van der Waals surface area contributed by atoms with Gasteiger partial charge in [0, 0.05) is 30.3 Å². The number of pyridine rings is 1. The van der Waals surface area contributed by atoms with E-state index >= 15 is 0 Å². The van der Waals surface area contributed by atoms with Crippen LogP contribution in [0.1, 0.15) is 31.2 Å². The van der Waals surface area contributed by atoms with Crippen molar-refractivity contribution in [2.24, 2.45) is 0 Å². The summed E-state index contributed by atoms with van der Waals surface area (Å²) >= 11 is 0. The van der Waals surface area contributed by atoms with Crippen LogP contribution in [0.4, 0.5) is 5.95 Å². The molecule has 0 aliphatic heterocycles. The van der Waals surface area contributed by atoms with Crippen LogP contribution in [0, 0.1) is 6.92 Å². The molecule has 4 aromatic rings. The Morgan fingerprint density at radius 2 is 1.69 bits per heavy atom. The molecule has 0 spiro atoms. The number of methoxy groups -OCH3 is 4. The summed E-state index contributed by atoms with van der Waals surface area (Å²) in [4.78, 5) is 13.2. The second-order valence-electron chi connectivity index (χ2n) is 8.50. The van der Waals surface area contributed by atoms with Crippen LogP contribution in [-0.4, -0.2) is 68.8 Å². The summed E-state index contributed by atoms with van der Waals surface area (Å²) in [6.07, 6.45) is 6.48. The summed E-state index contributed by atoms with van der Waals surface area (Å²) in [5.74, 6) is 2.76. The van der Waals surface area contributed by atoms with Crippen molar-refractivity contribution in [1.29, 1.82) is 0 Å². The average Bonchev–Trinajstić information content (AvgIpc) is 3.39. The van der Waals surface area contributed by atoms with Gasteiger partial charge >= 0.3 is 0 Å². The normalized spacial score (nSPS) is 13.5. The number of ether oxygens (including phenoxy) is 4. The zero-order chi connectivity index (χ0) is 27.9. The van der Waals surface area contributed by atoms with Gasteiger partial charge in [0.1, 0.15) is 23.3 Å². The molecular formula is C27H33N7O4S. The lowest BCUT2D eigenvalue weighted by molar-refractivity contribution is 0.101.